The minimum atomic E-state index is -0.852. The molecule has 1 aromatic carbocycles. The van der Waals surface area contributed by atoms with E-state index in [1.807, 2.05) is 37.4 Å². The van der Waals surface area contributed by atoms with Crippen molar-refractivity contribution in [2.75, 3.05) is 18.5 Å². The highest BCUT2D eigenvalue weighted by Crippen LogP contribution is 2.22. The van der Waals surface area contributed by atoms with Crippen LogP contribution in [0.2, 0.25) is 0 Å². The van der Waals surface area contributed by atoms with Gasteiger partial charge in [0.2, 0.25) is 0 Å². The molecule has 0 radical (unpaired) electrons. The minimum Gasteiger partial charge on any atom is -0.479 e. The third-order valence-electron chi connectivity index (χ3n) is 3.06. The van der Waals surface area contributed by atoms with E-state index in [0.717, 1.165) is 18.7 Å². The Balaban J connectivity index is 1.88. The van der Waals surface area contributed by atoms with E-state index in [-0.39, 0.29) is 6.10 Å². The molecule has 2 atom stereocenters. The first-order chi connectivity index (χ1) is 8.16. The average Bonchev–Trinajstić information content (AvgIpc) is 2.79. The molecule has 92 valence electrons. The number of hydrogen-bond donors (Lipinski definition) is 1. The van der Waals surface area contributed by atoms with Gasteiger partial charge in [0.05, 0.1) is 6.10 Å². The van der Waals surface area contributed by atoms with Crippen molar-refractivity contribution in [2.45, 2.75) is 25.0 Å². The van der Waals surface area contributed by atoms with Gasteiger partial charge in [0.15, 0.2) is 6.10 Å². The summed E-state index contributed by atoms with van der Waals surface area (Å²) < 4.78 is 5.47. The number of hydrogen-bond acceptors (Lipinski definition) is 3. The molecule has 0 aromatic heterocycles. The van der Waals surface area contributed by atoms with Crippen LogP contribution in [0.1, 0.15) is 12.8 Å². The zero-order valence-electron chi connectivity index (χ0n) is 9.87. The van der Waals surface area contributed by atoms with Gasteiger partial charge in [0.25, 0.3) is 0 Å². The van der Waals surface area contributed by atoms with Gasteiger partial charge in [-0.25, -0.2) is 4.79 Å². The summed E-state index contributed by atoms with van der Waals surface area (Å²) in [5, 5.41) is 8.84. The van der Waals surface area contributed by atoms with E-state index in [1.54, 1.807) is 0 Å². The third-order valence-corrected chi connectivity index (χ3v) is 3.06. The maximum Gasteiger partial charge on any atom is 0.332 e. The highest BCUT2D eigenvalue weighted by atomic mass is 16.5. The van der Waals surface area contributed by atoms with Crippen LogP contribution in [0.15, 0.2) is 30.3 Å². The Labute approximate surface area is 101 Å². The van der Waals surface area contributed by atoms with Crippen LogP contribution in [-0.2, 0) is 9.53 Å². The third kappa shape index (κ3) is 2.97. The highest BCUT2D eigenvalue weighted by Gasteiger charge is 2.30. The second kappa shape index (κ2) is 5.19. The molecule has 2 rings (SSSR count). The van der Waals surface area contributed by atoms with Crippen LogP contribution in [0.4, 0.5) is 5.69 Å². The lowest BCUT2D eigenvalue weighted by atomic mass is 10.2. The Hall–Kier alpha value is -1.55. The topological polar surface area (TPSA) is 49.8 Å². The Bertz CT molecular complexity index is 380. The number of likely N-dealkylation sites (N-methyl/N-ethyl adjacent to an activating group) is 1. The van der Waals surface area contributed by atoms with Gasteiger partial charge in [-0.05, 0) is 25.0 Å². The van der Waals surface area contributed by atoms with Crippen LogP contribution in [-0.4, -0.2) is 36.9 Å². The lowest BCUT2D eigenvalue weighted by molar-refractivity contribution is -0.149. The Morgan fingerprint density at radius 1 is 1.41 bits per heavy atom. The number of para-hydroxylation sites is 1. The molecule has 17 heavy (non-hydrogen) atoms. The number of carbonyl (C=O) groups is 1. The van der Waals surface area contributed by atoms with Gasteiger partial charge >= 0.3 is 5.97 Å². The van der Waals surface area contributed by atoms with E-state index in [9.17, 15) is 4.79 Å². The van der Waals surface area contributed by atoms with E-state index in [0.29, 0.717) is 6.42 Å². The standard InChI is InChI=1S/C13H17NO3/c1-14(10-5-3-2-4-6-10)9-11-7-8-12(17-11)13(15)16/h2-6,11-12H,7-9H2,1H3,(H,15,16). The summed E-state index contributed by atoms with van der Waals surface area (Å²) in [6.07, 6.45) is 0.821. The van der Waals surface area contributed by atoms with E-state index < -0.39 is 12.1 Å². The fourth-order valence-corrected chi connectivity index (χ4v) is 2.11. The van der Waals surface area contributed by atoms with Gasteiger partial charge in [0.1, 0.15) is 0 Å². The molecule has 1 fully saturated rings. The first-order valence-corrected chi connectivity index (χ1v) is 5.81. The fourth-order valence-electron chi connectivity index (χ4n) is 2.11. The monoisotopic (exact) mass is 235 g/mol. The molecule has 0 amide bonds. The Kier molecular flexibility index (Phi) is 3.64. The van der Waals surface area contributed by atoms with Crippen LogP contribution < -0.4 is 4.90 Å². The van der Waals surface area contributed by atoms with Gasteiger partial charge < -0.3 is 14.7 Å². The first kappa shape index (κ1) is 11.9. The van der Waals surface area contributed by atoms with Crippen molar-refractivity contribution in [3.8, 4) is 0 Å². The normalized spacial score (nSPS) is 23.6. The summed E-state index contributed by atoms with van der Waals surface area (Å²) in [7, 11) is 1.99. The zero-order valence-corrected chi connectivity index (χ0v) is 9.87. The summed E-state index contributed by atoms with van der Waals surface area (Å²) in [5.41, 5.74) is 1.12. The van der Waals surface area contributed by atoms with Crippen LogP contribution >= 0.6 is 0 Å². The van der Waals surface area contributed by atoms with E-state index in [4.69, 9.17) is 9.84 Å². The molecule has 1 aliphatic rings. The lowest BCUT2D eigenvalue weighted by Gasteiger charge is -2.23. The second-order valence-electron chi connectivity index (χ2n) is 4.38. The number of ether oxygens (including phenoxy) is 1. The highest BCUT2D eigenvalue weighted by molar-refractivity contribution is 5.72. The molecular weight excluding hydrogens is 218 g/mol. The fraction of sp³-hybridized carbons (Fsp3) is 0.462. The number of benzene rings is 1. The average molecular weight is 235 g/mol. The first-order valence-electron chi connectivity index (χ1n) is 5.81. The van der Waals surface area contributed by atoms with Crippen LogP contribution in [0.5, 0.6) is 0 Å². The van der Waals surface area contributed by atoms with Crippen LogP contribution in [0, 0.1) is 0 Å². The second-order valence-corrected chi connectivity index (χ2v) is 4.38. The van der Waals surface area contributed by atoms with E-state index >= 15 is 0 Å². The summed E-state index contributed by atoms with van der Waals surface area (Å²) in [5.74, 6) is -0.852. The molecule has 4 heteroatoms. The van der Waals surface area contributed by atoms with Crippen molar-refractivity contribution in [3.63, 3.8) is 0 Å². The molecule has 1 N–H and O–H groups in total. The Morgan fingerprint density at radius 2 is 2.12 bits per heavy atom. The number of rotatable bonds is 4. The molecule has 1 aliphatic heterocycles. The van der Waals surface area contributed by atoms with Gasteiger partial charge in [0, 0.05) is 19.3 Å². The van der Waals surface area contributed by atoms with E-state index in [1.165, 1.54) is 0 Å². The number of carboxylic acid groups (broad SMARTS) is 1. The summed E-state index contributed by atoms with van der Waals surface area (Å²) >= 11 is 0. The lowest BCUT2D eigenvalue weighted by Crippen LogP contribution is -2.30. The maximum absolute atomic E-state index is 10.8. The quantitative estimate of drug-likeness (QED) is 0.863. The Morgan fingerprint density at radius 3 is 2.71 bits per heavy atom. The van der Waals surface area contributed by atoms with Crippen molar-refractivity contribution in [3.05, 3.63) is 30.3 Å². The number of anilines is 1. The molecular formula is C13H17NO3. The summed E-state index contributed by atoms with van der Waals surface area (Å²) in [6.45, 7) is 0.730. The predicted octanol–water partition coefficient (Wildman–Crippen LogP) is 1.75. The molecule has 1 saturated heterocycles. The van der Waals surface area contributed by atoms with Gasteiger partial charge in [-0.3, -0.25) is 0 Å². The van der Waals surface area contributed by atoms with Gasteiger partial charge in [-0.15, -0.1) is 0 Å². The SMILES string of the molecule is CN(CC1CCC(C(=O)O)O1)c1ccccc1. The van der Waals surface area contributed by atoms with Crippen molar-refractivity contribution in [1.82, 2.24) is 0 Å². The van der Waals surface area contributed by atoms with Crippen molar-refractivity contribution in [2.24, 2.45) is 0 Å². The molecule has 0 bridgehead atoms. The summed E-state index contributed by atoms with van der Waals surface area (Å²) in [4.78, 5) is 12.9. The molecule has 1 aromatic rings. The minimum absolute atomic E-state index is 0.0151. The molecule has 4 nitrogen and oxygen atoms in total. The maximum atomic E-state index is 10.8. The number of nitrogens with zero attached hydrogens (tertiary/aromatic N) is 1. The summed E-state index contributed by atoms with van der Waals surface area (Å²) in [6, 6.07) is 10.0. The molecule has 0 saturated carbocycles. The van der Waals surface area contributed by atoms with Gasteiger partial charge in [-0.1, -0.05) is 18.2 Å². The molecule has 0 aliphatic carbocycles. The number of carboxylic acids is 1. The zero-order chi connectivity index (χ0) is 12.3. The van der Waals surface area contributed by atoms with Crippen LogP contribution in [0.3, 0.4) is 0 Å². The largest absolute Gasteiger partial charge is 0.479 e. The van der Waals surface area contributed by atoms with Crippen molar-refractivity contribution >= 4 is 11.7 Å². The predicted molar refractivity (Wildman–Crippen MR) is 65.2 cm³/mol. The van der Waals surface area contributed by atoms with E-state index in [2.05, 4.69) is 4.90 Å². The number of aliphatic carboxylic acids is 1. The van der Waals surface area contributed by atoms with Crippen LogP contribution in [0.25, 0.3) is 0 Å². The van der Waals surface area contributed by atoms with Crippen molar-refractivity contribution in [1.29, 1.82) is 0 Å². The molecule has 2 unspecified atom stereocenters. The van der Waals surface area contributed by atoms with Crippen molar-refractivity contribution < 1.29 is 14.6 Å². The molecule has 1 heterocycles. The molecule has 0 spiro atoms. The van der Waals surface area contributed by atoms with Gasteiger partial charge in [-0.2, -0.15) is 0 Å². The smallest absolute Gasteiger partial charge is 0.332 e.